The summed E-state index contributed by atoms with van der Waals surface area (Å²) in [5.41, 5.74) is 0. The molecule has 1 aliphatic heterocycles. The Morgan fingerprint density at radius 2 is 2.00 bits per heavy atom. The number of hydrogen-bond donors (Lipinski definition) is 0. The summed E-state index contributed by atoms with van der Waals surface area (Å²) in [7, 11) is 3.97. The Bertz CT molecular complexity index is 544. The highest BCUT2D eigenvalue weighted by Crippen LogP contribution is 2.30. The van der Waals surface area contributed by atoms with Crippen molar-refractivity contribution in [3.05, 3.63) is 17.0 Å². The third kappa shape index (κ3) is 4.01. The standard InChI is InChI=1S/C16H24BrN5O/c1-20(15-8-18-14(17)7-19-15)9-12-3-5-13(6-4-12)22-10-16(23)21(2)11-22/h7-8,12-13H,3-6,9-11H2,1-2H3/t12-,13-. The van der Waals surface area contributed by atoms with E-state index in [9.17, 15) is 4.79 Å². The zero-order chi connectivity index (χ0) is 16.4. The van der Waals surface area contributed by atoms with Crippen molar-refractivity contribution in [2.24, 2.45) is 5.92 Å². The van der Waals surface area contributed by atoms with Gasteiger partial charge in [-0.1, -0.05) is 0 Å². The Morgan fingerprint density at radius 3 is 2.57 bits per heavy atom. The van der Waals surface area contributed by atoms with Crippen LogP contribution in [0.5, 0.6) is 0 Å². The molecule has 0 unspecified atom stereocenters. The maximum Gasteiger partial charge on any atom is 0.237 e. The van der Waals surface area contributed by atoms with Gasteiger partial charge in [-0.25, -0.2) is 9.97 Å². The molecule has 0 bridgehead atoms. The second-order valence-electron chi connectivity index (χ2n) is 6.73. The van der Waals surface area contributed by atoms with Crippen LogP contribution < -0.4 is 4.90 Å². The molecule has 1 aromatic rings. The monoisotopic (exact) mass is 381 g/mol. The summed E-state index contributed by atoms with van der Waals surface area (Å²) in [6.07, 6.45) is 8.35. The highest BCUT2D eigenvalue weighted by Gasteiger charge is 2.32. The number of amides is 1. The first-order valence-corrected chi connectivity index (χ1v) is 8.99. The first kappa shape index (κ1) is 16.6. The van der Waals surface area contributed by atoms with Crippen molar-refractivity contribution in [2.45, 2.75) is 31.7 Å². The molecule has 3 rings (SSSR count). The van der Waals surface area contributed by atoms with Crippen molar-refractivity contribution in [3.63, 3.8) is 0 Å². The third-order valence-electron chi connectivity index (χ3n) is 5.02. The number of aromatic nitrogens is 2. The van der Waals surface area contributed by atoms with Crippen LogP contribution in [-0.2, 0) is 4.79 Å². The lowest BCUT2D eigenvalue weighted by atomic mass is 9.85. The smallest absolute Gasteiger partial charge is 0.237 e. The van der Waals surface area contributed by atoms with Crippen molar-refractivity contribution in [3.8, 4) is 0 Å². The molecule has 0 radical (unpaired) electrons. The topological polar surface area (TPSA) is 52.6 Å². The molecule has 2 fully saturated rings. The fourth-order valence-corrected chi connectivity index (χ4v) is 3.82. The van der Waals surface area contributed by atoms with Crippen molar-refractivity contribution in [2.75, 3.05) is 38.8 Å². The van der Waals surface area contributed by atoms with E-state index in [-0.39, 0.29) is 5.91 Å². The molecule has 0 aromatic carbocycles. The number of nitrogens with zero attached hydrogens (tertiary/aromatic N) is 5. The minimum atomic E-state index is 0.251. The van der Waals surface area contributed by atoms with Gasteiger partial charge in [-0.05, 0) is 47.5 Å². The quantitative estimate of drug-likeness (QED) is 0.797. The molecule has 126 valence electrons. The molecule has 1 aliphatic carbocycles. The van der Waals surface area contributed by atoms with Crippen LogP contribution in [-0.4, -0.2) is 65.6 Å². The molecule has 2 heterocycles. The molecule has 0 spiro atoms. The summed E-state index contributed by atoms with van der Waals surface area (Å²) < 4.78 is 0.764. The largest absolute Gasteiger partial charge is 0.358 e. The fourth-order valence-electron chi connectivity index (χ4n) is 3.62. The van der Waals surface area contributed by atoms with E-state index >= 15 is 0 Å². The van der Waals surface area contributed by atoms with Gasteiger partial charge in [0.25, 0.3) is 0 Å². The molecule has 0 N–H and O–H groups in total. The van der Waals surface area contributed by atoms with Crippen LogP contribution in [0.4, 0.5) is 5.82 Å². The van der Waals surface area contributed by atoms with Crippen LogP contribution in [0.2, 0.25) is 0 Å². The van der Waals surface area contributed by atoms with Crippen LogP contribution in [0.15, 0.2) is 17.0 Å². The van der Waals surface area contributed by atoms with Gasteiger partial charge in [-0.15, -0.1) is 0 Å². The third-order valence-corrected chi connectivity index (χ3v) is 5.43. The van der Waals surface area contributed by atoms with Gasteiger partial charge in [-0.3, -0.25) is 9.69 Å². The zero-order valence-corrected chi connectivity index (χ0v) is 15.4. The summed E-state index contributed by atoms with van der Waals surface area (Å²) in [6.45, 7) is 2.41. The number of hydrogen-bond acceptors (Lipinski definition) is 5. The van der Waals surface area contributed by atoms with Gasteiger partial charge in [0.1, 0.15) is 10.4 Å². The molecule has 1 saturated heterocycles. The summed E-state index contributed by atoms with van der Waals surface area (Å²) in [4.78, 5) is 26.7. The average molecular weight is 382 g/mol. The summed E-state index contributed by atoms with van der Waals surface area (Å²) in [6, 6.07) is 0.568. The highest BCUT2D eigenvalue weighted by atomic mass is 79.9. The molecule has 0 atom stereocenters. The molecule has 1 amide bonds. The minimum absolute atomic E-state index is 0.251. The summed E-state index contributed by atoms with van der Waals surface area (Å²) >= 11 is 3.32. The predicted molar refractivity (Wildman–Crippen MR) is 93.1 cm³/mol. The Labute approximate surface area is 146 Å². The van der Waals surface area contributed by atoms with Crippen LogP contribution in [0.3, 0.4) is 0 Å². The average Bonchev–Trinajstić information content (AvgIpc) is 2.88. The second-order valence-corrected chi connectivity index (χ2v) is 7.54. The van der Waals surface area contributed by atoms with E-state index in [0.717, 1.165) is 23.6 Å². The Hall–Kier alpha value is -1.21. The molecule has 1 saturated carbocycles. The van der Waals surface area contributed by atoms with Crippen LogP contribution >= 0.6 is 15.9 Å². The lowest BCUT2D eigenvalue weighted by molar-refractivity contribution is -0.125. The first-order chi connectivity index (χ1) is 11.0. The maximum absolute atomic E-state index is 11.7. The van der Waals surface area contributed by atoms with E-state index in [1.54, 1.807) is 12.4 Å². The highest BCUT2D eigenvalue weighted by molar-refractivity contribution is 9.10. The maximum atomic E-state index is 11.7. The van der Waals surface area contributed by atoms with Gasteiger partial charge >= 0.3 is 0 Å². The van der Waals surface area contributed by atoms with Crippen LogP contribution in [0, 0.1) is 5.92 Å². The van der Waals surface area contributed by atoms with E-state index in [2.05, 4.69) is 42.7 Å². The normalized spacial score (nSPS) is 25.9. The van der Waals surface area contributed by atoms with Crippen LogP contribution in [0.25, 0.3) is 0 Å². The lowest BCUT2D eigenvalue weighted by Gasteiger charge is -2.35. The number of rotatable bonds is 4. The second kappa shape index (κ2) is 7.13. The van der Waals surface area contributed by atoms with E-state index < -0.39 is 0 Å². The van der Waals surface area contributed by atoms with Gasteiger partial charge in [0.05, 0.1) is 25.6 Å². The number of carbonyl (C=O) groups is 1. The van der Waals surface area contributed by atoms with Crippen molar-refractivity contribution in [1.29, 1.82) is 0 Å². The molecule has 1 aromatic heterocycles. The minimum Gasteiger partial charge on any atom is -0.358 e. The number of carbonyl (C=O) groups excluding carboxylic acids is 1. The molecule has 2 aliphatic rings. The summed E-state index contributed by atoms with van der Waals surface area (Å²) in [5, 5.41) is 0. The Kier molecular flexibility index (Phi) is 5.16. The molecular formula is C16H24BrN5O. The van der Waals surface area contributed by atoms with E-state index in [0.29, 0.717) is 18.5 Å². The fraction of sp³-hybridized carbons (Fsp3) is 0.688. The Morgan fingerprint density at radius 1 is 1.26 bits per heavy atom. The van der Waals surface area contributed by atoms with Crippen molar-refractivity contribution < 1.29 is 4.79 Å². The van der Waals surface area contributed by atoms with E-state index in [1.807, 2.05) is 11.9 Å². The van der Waals surface area contributed by atoms with Crippen molar-refractivity contribution >= 4 is 27.7 Å². The van der Waals surface area contributed by atoms with Gasteiger partial charge in [0.15, 0.2) is 0 Å². The number of likely N-dealkylation sites (N-methyl/N-ethyl adjacent to an activating group) is 1. The van der Waals surface area contributed by atoms with E-state index in [4.69, 9.17) is 0 Å². The van der Waals surface area contributed by atoms with Crippen molar-refractivity contribution in [1.82, 2.24) is 19.8 Å². The van der Waals surface area contributed by atoms with Gasteiger partial charge in [0, 0.05) is 26.7 Å². The number of anilines is 1. The SMILES string of the molecule is CN1CN([C@H]2CC[C@H](CN(C)c3cnc(Br)cn3)CC2)CC1=O. The first-order valence-electron chi connectivity index (χ1n) is 8.19. The van der Waals surface area contributed by atoms with Crippen LogP contribution in [0.1, 0.15) is 25.7 Å². The van der Waals surface area contributed by atoms with E-state index in [1.165, 1.54) is 25.7 Å². The molecular weight excluding hydrogens is 358 g/mol. The summed E-state index contributed by atoms with van der Waals surface area (Å²) in [5.74, 6) is 1.86. The molecule has 23 heavy (non-hydrogen) atoms. The lowest BCUT2D eigenvalue weighted by Crippen LogP contribution is -2.39. The van der Waals surface area contributed by atoms with Gasteiger partial charge in [-0.2, -0.15) is 0 Å². The van der Waals surface area contributed by atoms with Gasteiger partial charge in [0.2, 0.25) is 5.91 Å². The zero-order valence-electron chi connectivity index (χ0n) is 13.8. The predicted octanol–water partition coefficient (Wildman–Crippen LogP) is 1.97. The molecule has 7 heteroatoms. The van der Waals surface area contributed by atoms with Gasteiger partial charge < -0.3 is 9.80 Å². The Balaban J connectivity index is 1.47. The number of halogens is 1. The molecule has 6 nitrogen and oxygen atoms in total.